The van der Waals surface area contributed by atoms with Crippen LogP contribution in [-0.2, 0) is 4.74 Å². The van der Waals surface area contributed by atoms with Crippen LogP contribution in [0, 0.1) is 0 Å². The van der Waals surface area contributed by atoms with E-state index in [4.69, 9.17) is 10.5 Å². The van der Waals surface area contributed by atoms with Crippen LogP contribution in [0.1, 0.15) is 64.4 Å². The lowest BCUT2D eigenvalue weighted by atomic mass is 9.83. The van der Waals surface area contributed by atoms with Crippen LogP contribution in [0.4, 0.5) is 0 Å². The minimum absolute atomic E-state index is 0.0421. The van der Waals surface area contributed by atoms with E-state index < -0.39 is 11.3 Å². The summed E-state index contributed by atoms with van der Waals surface area (Å²) in [5.41, 5.74) is 5.17. The first-order valence-electron chi connectivity index (χ1n) is 10.3. The molecule has 3 rings (SSSR count). The highest BCUT2D eigenvalue weighted by atomic mass is 16.5. The number of nitrogens with two attached hydrogens (primary N) is 1. The van der Waals surface area contributed by atoms with Crippen molar-refractivity contribution in [2.75, 3.05) is 13.2 Å². The maximum atomic E-state index is 10.9. The lowest BCUT2D eigenvalue weighted by molar-refractivity contribution is -0.218. The van der Waals surface area contributed by atoms with Crippen LogP contribution in [-0.4, -0.2) is 57.8 Å². The number of rotatable bonds is 6. The van der Waals surface area contributed by atoms with E-state index in [2.05, 4.69) is 30.3 Å². The van der Waals surface area contributed by atoms with Crippen molar-refractivity contribution in [3.8, 4) is 0 Å². The van der Waals surface area contributed by atoms with Gasteiger partial charge in [0.25, 0.3) is 0 Å². The van der Waals surface area contributed by atoms with Crippen LogP contribution in [0.3, 0.4) is 0 Å². The van der Waals surface area contributed by atoms with E-state index in [9.17, 15) is 10.2 Å². The molecule has 0 bridgehead atoms. The van der Waals surface area contributed by atoms with Crippen LogP contribution in [0.2, 0.25) is 0 Å². The van der Waals surface area contributed by atoms with E-state index >= 15 is 0 Å². The molecule has 1 saturated heterocycles. The fraction of sp³-hybridized carbons (Fsp3) is 0.727. The summed E-state index contributed by atoms with van der Waals surface area (Å²) in [5.74, 6) is 0.632. The minimum atomic E-state index is -1.33. The number of benzene rings is 1. The summed E-state index contributed by atoms with van der Waals surface area (Å²) in [6.45, 7) is 6.13. The van der Waals surface area contributed by atoms with E-state index in [0.717, 1.165) is 32.1 Å². The molecule has 1 saturated carbocycles. The van der Waals surface area contributed by atoms with Crippen LogP contribution < -0.4 is 5.73 Å². The van der Waals surface area contributed by atoms with Crippen molar-refractivity contribution >= 4 is 0 Å². The van der Waals surface area contributed by atoms with Crippen molar-refractivity contribution in [2.24, 2.45) is 5.73 Å². The summed E-state index contributed by atoms with van der Waals surface area (Å²) in [4.78, 5) is 1.92. The molecule has 3 atom stereocenters. The summed E-state index contributed by atoms with van der Waals surface area (Å²) in [6, 6.07) is 10.6. The molecule has 1 aliphatic heterocycles. The van der Waals surface area contributed by atoms with E-state index in [-0.39, 0.29) is 18.2 Å². The minimum Gasteiger partial charge on any atom is -0.386 e. The number of hydrogen-bond acceptors (Lipinski definition) is 5. The van der Waals surface area contributed by atoms with E-state index in [1.807, 2.05) is 4.90 Å². The molecule has 3 unspecified atom stereocenters. The SMILES string of the molecule is CC(C)(O)C(C)(O)N1CCC(N)C1COC1CCC(c2ccccc2)CC1. The quantitative estimate of drug-likeness (QED) is 0.711. The lowest BCUT2D eigenvalue weighted by Gasteiger charge is -2.46. The fourth-order valence-corrected chi connectivity index (χ4v) is 4.51. The first kappa shape index (κ1) is 20.7. The van der Waals surface area contributed by atoms with Gasteiger partial charge in [-0.25, -0.2) is 0 Å². The maximum Gasteiger partial charge on any atom is 0.144 e. The van der Waals surface area contributed by atoms with Gasteiger partial charge in [-0.1, -0.05) is 30.3 Å². The Bertz CT molecular complexity index is 591. The molecule has 152 valence electrons. The molecule has 0 aromatic heterocycles. The second-order valence-corrected chi connectivity index (χ2v) is 9.01. The summed E-state index contributed by atoms with van der Waals surface area (Å²) in [6.07, 6.45) is 5.48. The van der Waals surface area contributed by atoms with Crippen LogP contribution >= 0.6 is 0 Å². The zero-order valence-electron chi connectivity index (χ0n) is 17.0. The van der Waals surface area contributed by atoms with Crippen LogP contribution in [0.5, 0.6) is 0 Å². The Morgan fingerprint density at radius 3 is 2.26 bits per heavy atom. The molecule has 5 heteroatoms. The van der Waals surface area contributed by atoms with Crippen molar-refractivity contribution < 1.29 is 14.9 Å². The molecule has 1 aromatic rings. The molecule has 2 fully saturated rings. The standard InChI is InChI=1S/C22H36N2O3/c1-21(2,25)22(3,26)24-14-13-19(23)20(24)15-27-18-11-9-17(10-12-18)16-7-5-4-6-8-16/h4-8,17-20,25-26H,9-15,23H2,1-3H3. The molecular weight excluding hydrogens is 340 g/mol. The van der Waals surface area contributed by atoms with Crippen molar-refractivity contribution in [1.82, 2.24) is 4.90 Å². The predicted octanol–water partition coefficient (Wildman–Crippen LogP) is 2.61. The zero-order chi connectivity index (χ0) is 19.7. The molecule has 0 amide bonds. The fourth-order valence-electron chi connectivity index (χ4n) is 4.51. The van der Waals surface area contributed by atoms with Gasteiger partial charge < -0.3 is 20.7 Å². The Balaban J connectivity index is 1.53. The van der Waals surface area contributed by atoms with Gasteiger partial charge in [0.2, 0.25) is 0 Å². The Hall–Kier alpha value is -0.980. The maximum absolute atomic E-state index is 10.9. The van der Waals surface area contributed by atoms with Crippen molar-refractivity contribution in [3.05, 3.63) is 35.9 Å². The third-order valence-electron chi connectivity index (χ3n) is 6.76. The van der Waals surface area contributed by atoms with Gasteiger partial charge in [-0.3, -0.25) is 4.90 Å². The molecule has 27 heavy (non-hydrogen) atoms. The third kappa shape index (κ3) is 4.54. The van der Waals surface area contributed by atoms with Gasteiger partial charge in [0.15, 0.2) is 0 Å². The highest BCUT2D eigenvalue weighted by Crippen LogP contribution is 2.36. The highest BCUT2D eigenvalue weighted by Gasteiger charge is 2.49. The highest BCUT2D eigenvalue weighted by molar-refractivity contribution is 5.19. The van der Waals surface area contributed by atoms with Crippen LogP contribution in [0.15, 0.2) is 30.3 Å². The molecule has 1 aromatic carbocycles. The van der Waals surface area contributed by atoms with Gasteiger partial charge >= 0.3 is 0 Å². The average Bonchev–Trinajstić information content (AvgIpc) is 3.01. The molecule has 2 aliphatic rings. The van der Waals surface area contributed by atoms with E-state index in [1.54, 1.807) is 20.8 Å². The molecule has 5 nitrogen and oxygen atoms in total. The monoisotopic (exact) mass is 376 g/mol. The molecule has 0 spiro atoms. The van der Waals surface area contributed by atoms with Crippen molar-refractivity contribution in [1.29, 1.82) is 0 Å². The largest absolute Gasteiger partial charge is 0.386 e. The number of hydrogen-bond donors (Lipinski definition) is 3. The van der Waals surface area contributed by atoms with Gasteiger partial charge in [0.05, 0.1) is 18.8 Å². The summed E-state index contributed by atoms with van der Waals surface area (Å²) in [5, 5.41) is 21.3. The van der Waals surface area contributed by atoms with Crippen molar-refractivity contribution in [2.45, 2.75) is 88.3 Å². The Morgan fingerprint density at radius 1 is 1.04 bits per heavy atom. The van der Waals surface area contributed by atoms with Crippen LogP contribution in [0.25, 0.3) is 0 Å². The molecule has 0 radical (unpaired) electrons. The van der Waals surface area contributed by atoms with E-state index in [1.165, 1.54) is 5.56 Å². The second kappa shape index (κ2) is 8.18. The second-order valence-electron chi connectivity index (χ2n) is 9.01. The Kier molecular flexibility index (Phi) is 6.28. The number of aliphatic hydroxyl groups is 2. The zero-order valence-corrected chi connectivity index (χ0v) is 17.0. The van der Waals surface area contributed by atoms with E-state index in [0.29, 0.717) is 19.1 Å². The van der Waals surface area contributed by atoms with Gasteiger partial charge in [-0.15, -0.1) is 0 Å². The Morgan fingerprint density at radius 2 is 1.67 bits per heavy atom. The van der Waals surface area contributed by atoms with Gasteiger partial charge in [-0.2, -0.15) is 0 Å². The third-order valence-corrected chi connectivity index (χ3v) is 6.76. The van der Waals surface area contributed by atoms with Gasteiger partial charge in [0, 0.05) is 12.6 Å². The topological polar surface area (TPSA) is 79.0 Å². The molecule has 1 heterocycles. The normalized spacial score (nSPS) is 32.4. The average molecular weight is 377 g/mol. The first-order valence-corrected chi connectivity index (χ1v) is 10.3. The summed E-state index contributed by atoms with van der Waals surface area (Å²) in [7, 11) is 0. The number of likely N-dealkylation sites (tertiary alicyclic amines) is 1. The smallest absolute Gasteiger partial charge is 0.144 e. The van der Waals surface area contributed by atoms with Crippen molar-refractivity contribution in [3.63, 3.8) is 0 Å². The lowest BCUT2D eigenvalue weighted by Crippen LogP contribution is -2.63. The molecule has 1 aliphatic carbocycles. The number of ether oxygens (including phenoxy) is 1. The Labute approximate surface area is 163 Å². The summed E-state index contributed by atoms with van der Waals surface area (Å²) >= 11 is 0. The molecular formula is C22H36N2O3. The van der Waals surface area contributed by atoms with Gasteiger partial charge in [-0.05, 0) is 64.4 Å². The summed E-state index contributed by atoms with van der Waals surface area (Å²) < 4.78 is 6.25. The predicted molar refractivity (Wildman–Crippen MR) is 107 cm³/mol. The molecule has 4 N–H and O–H groups in total. The first-order chi connectivity index (χ1) is 12.7. The number of nitrogens with zero attached hydrogens (tertiary/aromatic N) is 1. The van der Waals surface area contributed by atoms with Gasteiger partial charge in [0.1, 0.15) is 11.3 Å².